The smallest absolute Gasteiger partial charge is 0.337 e. The van der Waals surface area contributed by atoms with Crippen LogP contribution in [0.1, 0.15) is 36.6 Å². The first-order chi connectivity index (χ1) is 20.8. The first kappa shape index (κ1) is 31.6. The van der Waals surface area contributed by atoms with E-state index in [2.05, 4.69) is 43.8 Å². The number of allylic oxidation sites excluding steroid dienone is 1. The molecule has 0 unspecified atom stereocenters. The number of nitrogens with one attached hydrogen (secondary N) is 3. The first-order valence-corrected chi connectivity index (χ1v) is 14.6. The highest BCUT2D eigenvalue weighted by Gasteiger charge is 2.32. The van der Waals surface area contributed by atoms with Gasteiger partial charge in [0.25, 0.3) is 0 Å². The summed E-state index contributed by atoms with van der Waals surface area (Å²) in [7, 11) is 1.28. The predicted octanol–water partition coefficient (Wildman–Crippen LogP) is 4.39. The van der Waals surface area contributed by atoms with E-state index in [-0.39, 0.29) is 12.2 Å². The van der Waals surface area contributed by atoms with Crippen molar-refractivity contribution in [2.24, 2.45) is 5.10 Å². The van der Waals surface area contributed by atoms with Gasteiger partial charge in [0.2, 0.25) is 0 Å². The van der Waals surface area contributed by atoms with Gasteiger partial charge in [0, 0.05) is 5.70 Å². The van der Waals surface area contributed by atoms with E-state index in [1.54, 1.807) is 31.3 Å². The van der Waals surface area contributed by atoms with Crippen molar-refractivity contribution in [1.29, 1.82) is 0 Å². The van der Waals surface area contributed by atoms with E-state index in [4.69, 9.17) is 18.9 Å². The molecule has 11 nitrogen and oxygen atoms in total. The largest absolute Gasteiger partial charge is 0.490 e. The van der Waals surface area contributed by atoms with E-state index in [0.717, 1.165) is 20.4 Å². The summed E-state index contributed by atoms with van der Waals surface area (Å²) in [4.78, 5) is 24.6. The van der Waals surface area contributed by atoms with Gasteiger partial charge in [-0.2, -0.15) is 5.10 Å². The molecule has 0 fully saturated rings. The normalized spacial score (nSPS) is 15.4. The molecular weight excluding hydrogens is 667 g/mol. The van der Waals surface area contributed by atoms with Crippen LogP contribution >= 0.6 is 22.6 Å². The number of benzene rings is 3. The maximum atomic E-state index is 12.4. The Bertz CT molecular complexity index is 1500. The standard InChI is InChI=1S/C31H33IN4O7/c1-4-41-26-15-22(29-28(30(38)40-3)19(2)34-31(39)35-29)11-13-25(26)43-18-27(37)36-33-16-21-10-12-24(23(32)14-21)42-17-20-8-6-5-7-9-20/h5-16,27,29,36-37H,4,17-18H2,1-3H3,(H2,34,35,39)/b33-16-/t27-,29+/m1/s1. The van der Waals surface area contributed by atoms with Gasteiger partial charge in [0.15, 0.2) is 17.7 Å². The number of aliphatic hydroxyl groups excluding tert-OH is 1. The number of hydrazone groups is 1. The number of amides is 2. The highest BCUT2D eigenvalue weighted by atomic mass is 127. The lowest BCUT2D eigenvalue weighted by molar-refractivity contribution is -0.136. The molecule has 3 aromatic carbocycles. The molecule has 226 valence electrons. The summed E-state index contributed by atoms with van der Waals surface area (Å²) in [6, 6.07) is 19.5. The Hall–Kier alpha value is -4.30. The van der Waals surface area contributed by atoms with Gasteiger partial charge in [-0.3, -0.25) is 5.43 Å². The molecule has 0 radical (unpaired) electrons. The number of ether oxygens (including phenoxy) is 4. The molecule has 0 saturated heterocycles. The minimum absolute atomic E-state index is 0.128. The molecule has 0 saturated carbocycles. The van der Waals surface area contributed by atoms with Gasteiger partial charge in [-0.1, -0.05) is 36.4 Å². The number of hydrogen-bond acceptors (Lipinski definition) is 9. The second-order valence-electron chi connectivity index (χ2n) is 9.38. The van der Waals surface area contributed by atoms with Crippen molar-refractivity contribution in [3.05, 3.63) is 98.3 Å². The van der Waals surface area contributed by atoms with Crippen LogP contribution < -0.4 is 30.3 Å². The Morgan fingerprint density at radius 1 is 1.07 bits per heavy atom. The van der Waals surface area contributed by atoms with Crippen molar-refractivity contribution in [2.45, 2.75) is 32.7 Å². The van der Waals surface area contributed by atoms with Crippen molar-refractivity contribution in [3.8, 4) is 17.2 Å². The number of halogens is 1. The number of rotatable bonds is 13. The molecule has 1 aliphatic heterocycles. The third kappa shape index (κ3) is 8.61. The van der Waals surface area contributed by atoms with Crippen molar-refractivity contribution in [2.75, 3.05) is 20.3 Å². The van der Waals surface area contributed by atoms with Crippen LogP contribution in [0.4, 0.5) is 4.79 Å². The second kappa shape index (κ2) is 15.3. The van der Waals surface area contributed by atoms with Gasteiger partial charge in [0.1, 0.15) is 19.0 Å². The summed E-state index contributed by atoms with van der Waals surface area (Å²) in [5, 5.41) is 19.9. The molecule has 2 amide bonds. The first-order valence-electron chi connectivity index (χ1n) is 13.5. The molecule has 0 bridgehead atoms. The lowest BCUT2D eigenvalue weighted by atomic mass is 9.95. The number of urea groups is 1. The van der Waals surface area contributed by atoms with Gasteiger partial charge in [-0.05, 0) is 83.5 Å². The number of nitrogens with zero attached hydrogens (tertiary/aromatic N) is 1. The SMILES string of the molecule is CCOc1cc([C@@H]2NC(=O)NC(C)=C2C(=O)OC)ccc1OC[C@@H](O)N/N=C\c1ccc(OCc2ccccc2)c(I)c1. The lowest BCUT2D eigenvalue weighted by Gasteiger charge is -2.28. The highest BCUT2D eigenvalue weighted by Crippen LogP contribution is 2.35. The average molecular weight is 701 g/mol. The van der Waals surface area contributed by atoms with Crippen LogP contribution in [0.3, 0.4) is 0 Å². The quantitative estimate of drug-likeness (QED) is 0.0678. The zero-order valence-electron chi connectivity index (χ0n) is 23.9. The average Bonchev–Trinajstić information content (AvgIpc) is 3.00. The third-order valence-electron chi connectivity index (χ3n) is 6.30. The van der Waals surface area contributed by atoms with Crippen LogP contribution in [-0.4, -0.2) is 49.9 Å². The zero-order chi connectivity index (χ0) is 30.8. The van der Waals surface area contributed by atoms with E-state index >= 15 is 0 Å². The van der Waals surface area contributed by atoms with Crippen LogP contribution in [0.15, 0.2) is 83.1 Å². The number of carbonyl (C=O) groups is 2. The van der Waals surface area contributed by atoms with Gasteiger partial charge >= 0.3 is 12.0 Å². The maximum Gasteiger partial charge on any atom is 0.337 e. The monoisotopic (exact) mass is 700 g/mol. The lowest BCUT2D eigenvalue weighted by Crippen LogP contribution is -2.45. The molecule has 2 atom stereocenters. The molecule has 0 aromatic heterocycles. The molecule has 3 aromatic rings. The summed E-state index contributed by atoms with van der Waals surface area (Å²) in [6.45, 7) is 4.15. The summed E-state index contributed by atoms with van der Waals surface area (Å²) in [5.41, 5.74) is 5.83. The molecule has 43 heavy (non-hydrogen) atoms. The maximum absolute atomic E-state index is 12.4. The van der Waals surface area contributed by atoms with Crippen LogP contribution in [0.25, 0.3) is 0 Å². The number of aliphatic hydroxyl groups is 1. The fourth-order valence-corrected chi connectivity index (χ4v) is 4.96. The molecular formula is C31H33IN4O7. The third-order valence-corrected chi connectivity index (χ3v) is 7.15. The molecule has 4 N–H and O–H groups in total. The van der Waals surface area contributed by atoms with Crippen molar-refractivity contribution < 1.29 is 33.6 Å². The molecule has 12 heteroatoms. The van der Waals surface area contributed by atoms with Crippen molar-refractivity contribution in [1.82, 2.24) is 16.1 Å². The molecule has 0 spiro atoms. The predicted molar refractivity (Wildman–Crippen MR) is 169 cm³/mol. The summed E-state index contributed by atoms with van der Waals surface area (Å²) in [5.74, 6) is 0.963. The van der Waals surface area contributed by atoms with Gasteiger partial charge < -0.3 is 34.7 Å². The van der Waals surface area contributed by atoms with Crippen molar-refractivity contribution >= 4 is 40.8 Å². The highest BCUT2D eigenvalue weighted by molar-refractivity contribution is 14.1. The Morgan fingerprint density at radius 2 is 1.84 bits per heavy atom. The van der Waals surface area contributed by atoms with E-state index in [0.29, 0.717) is 36.0 Å². The van der Waals surface area contributed by atoms with Crippen LogP contribution in [0.5, 0.6) is 17.2 Å². The number of esters is 1. The Balaban J connectivity index is 1.35. The molecule has 4 rings (SSSR count). The molecule has 1 aliphatic rings. The van der Waals surface area contributed by atoms with Crippen LogP contribution in [0.2, 0.25) is 0 Å². The Kier molecular flexibility index (Phi) is 11.2. The van der Waals surface area contributed by atoms with Crippen molar-refractivity contribution in [3.63, 3.8) is 0 Å². The topological polar surface area (TPSA) is 140 Å². The fraction of sp³-hybridized carbons (Fsp3) is 0.258. The van der Waals surface area contributed by atoms with Gasteiger partial charge in [-0.25, -0.2) is 9.59 Å². The zero-order valence-corrected chi connectivity index (χ0v) is 26.1. The summed E-state index contributed by atoms with van der Waals surface area (Å²) < 4.78 is 23.3. The number of hydrogen-bond donors (Lipinski definition) is 4. The Labute approximate surface area is 263 Å². The van der Waals surface area contributed by atoms with E-state index in [1.165, 1.54) is 7.11 Å². The van der Waals surface area contributed by atoms with E-state index in [1.807, 2.05) is 55.5 Å². The molecule has 1 heterocycles. The summed E-state index contributed by atoms with van der Waals surface area (Å²) >= 11 is 2.21. The minimum Gasteiger partial charge on any atom is -0.490 e. The number of carbonyl (C=O) groups excluding carboxylic acids is 2. The Morgan fingerprint density at radius 3 is 2.56 bits per heavy atom. The molecule has 0 aliphatic carbocycles. The van der Waals surface area contributed by atoms with Gasteiger partial charge in [0.05, 0.1) is 35.1 Å². The van der Waals surface area contributed by atoms with Crippen LogP contribution in [0, 0.1) is 3.57 Å². The second-order valence-corrected chi connectivity index (χ2v) is 10.5. The van der Waals surface area contributed by atoms with Gasteiger partial charge in [-0.15, -0.1) is 0 Å². The van der Waals surface area contributed by atoms with E-state index in [9.17, 15) is 14.7 Å². The number of methoxy groups -OCH3 is 1. The minimum atomic E-state index is -1.11. The van der Waals surface area contributed by atoms with Crippen LogP contribution in [-0.2, 0) is 16.1 Å². The summed E-state index contributed by atoms with van der Waals surface area (Å²) in [6.07, 6.45) is 0.479. The van der Waals surface area contributed by atoms with E-state index < -0.39 is 24.3 Å². The fourth-order valence-electron chi connectivity index (χ4n) is 4.27.